The number of benzene rings is 1. The Morgan fingerprint density at radius 1 is 1.25 bits per heavy atom. The summed E-state index contributed by atoms with van der Waals surface area (Å²) in [6, 6.07) is 8.24. The fourth-order valence-corrected chi connectivity index (χ4v) is 2.53. The Hall–Kier alpha value is -1.13. The Morgan fingerprint density at radius 2 is 2.06 bits per heavy atom. The van der Waals surface area contributed by atoms with Gasteiger partial charge in [-0.3, -0.25) is 0 Å². The standard InChI is InChI=1S/C12H15N3S/c1-15(2)7-8-16-12-11-6-4-3-5-10(11)9-13-14-12/h3-6,9H,7-8H2,1-2H3. The van der Waals surface area contributed by atoms with E-state index in [4.69, 9.17) is 0 Å². The number of hydrogen-bond donors (Lipinski definition) is 0. The zero-order valence-corrected chi connectivity index (χ0v) is 10.4. The third-order valence-electron chi connectivity index (χ3n) is 2.31. The fourth-order valence-electron chi connectivity index (χ4n) is 1.43. The van der Waals surface area contributed by atoms with Crippen LogP contribution in [0.25, 0.3) is 10.8 Å². The molecule has 1 aromatic heterocycles. The number of nitrogens with zero attached hydrogens (tertiary/aromatic N) is 3. The van der Waals surface area contributed by atoms with Crippen molar-refractivity contribution >= 4 is 22.5 Å². The van der Waals surface area contributed by atoms with E-state index in [0.29, 0.717) is 0 Å². The van der Waals surface area contributed by atoms with Crippen LogP contribution in [0.5, 0.6) is 0 Å². The summed E-state index contributed by atoms with van der Waals surface area (Å²) in [6.07, 6.45) is 1.81. The summed E-state index contributed by atoms with van der Waals surface area (Å²) in [5.74, 6) is 1.04. The topological polar surface area (TPSA) is 29.0 Å². The highest BCUT2D eigenvalue weighted by Gasteiger charge is 2.03. The maximum atomic E-state index is 4.20. The first-order valence-electron chi connectivity index (χ1n) is 5.25. The Kier molecular flexibility index (Phi) is 3.74. The third-order valence-corrected chi connectivity index (χ3v) is 3.28. The summed E-state index contributed by atoms with van der Waals surface area (Å²) >= 11 is 1.76. The first kappa shape index (κ1) is 11.4. The highest BCUT2D eigenvalue weighted by atomic mass is 32.2. The Bertz CT molecular complexity index is 465. The van der Waals surface area contributed by atoms with Gasteiger partial charge in [0.1, 0.15) is 5.03 Å². The second kappa shape index (κ2) is 5.27. The Labute approximate surface area is 99.9 Å². The first-order chi connectivity index (χ1) is 7.77. The number of thioether (sulfide) groups is 1. The highest BCUT2D eigenvalue weighted by Crippen LogP contribution is 2.24. The van der Waals surface area contributed by atoms with E-state index in [1.54, 1.807) is 11.8 Å². The minimum atomic E-state index is 1.03. The molecular formula is C12H15N3S. The molecule has 0 saturated carbocycles. The molecule has 0 aliphatic heterocycles. The summed E-state index contributed by atoms with van der Waals surface area (Å²) in [5.41, 5.74) is 0. The van der Waals surface area contributed by atoms with E-state index in [1.807, 2.05) is 18.3 Å². The van der Waals surface area contributed by atoms with Crippen LogP contribution in [0, 0.1) is 0 Å². The van der Waals surface area contributed by atoms with Crippen LogP contribution in [0.4, 0.5) is 0 Å². The van der Waals surface area contributed by atoms with Gasteiger partial charge in [-0.1, -0.05) is 24.3 Å². The van der Waals surface area contributed by atoms with Crippen LogP contribution in [-0.4, -0.2) is 41.5 Å². The fraction of sp³-hybridized carbons (Fsp3) is 0.333. The monoisotopic (exact) mass is 233 g/mol. The van der Waals surface area contributed by atoms with E-state index in [2.05, 4.69) is 41.3 Å². The molecule has 84 valence electrons. The van der Waals surface area contributed by atoms with Gasteiger partial charge in [0, 0.05) is 23.1 Å². The van der Waals surface area contributed by atoms with Gasteiger partial charge in [0.25, 0.3) is 0 Å². The second-order valence-electron chi connectivity index (χ2n) is 3.89. The highest BCUT2D eigenvalue weighted by molar-refractivity contribution is 7.99. The molecule has 1 aromatic carbocycles. The summed E-state index contributed by atoms with van der Waals surface area (Å²) in [6.45, 7) is 1.05. The number of hydrogen-bond acceptors (Lipinski definition) is 4. The molecule has 1 heterocycles. The van der Waals surface area contributed by atoms with Crippen molar-refractivity contribution < 1.29 is 0 Å². The summed E-state index contributed by atoms with van der Waals surface area (Å²) in [4.78, 5) is 2.17. The van der Waals surface area contributed by atoms with Gasteiger partial charge in [-0.2, -0.15) is 5.10 Å². The summed E-state index contributed by atoms with van der Waals surface area (Å²) < 4.78 is 0. The zero-order chi connectivity index (χ0) is 11.4. The Morgan fingerprint density at radius 3 is 2.88 bits per heavy atom. The van der Waals surface area contributed by atoms with Crippen molar-refractivity contribution in [3.05, 3.63) is 30.5 Å². The molecule has 0 spiro atoms. The first-order valence-corrected chi connectivity index (χ1v) is 6.24. The van der Waals surface area contributed by atoms with Gasteiger partial charge in [0.05, 0.1) is 6.20 Å². The van der Waals surface area contributed by atoms with E-state index in [9.17, 15) is 0 Å². The molecule has 0 N–H and O–H groups in total. The molecule has 0 atom stereocenters. The molecule has 0 bridgehead atoms. The summed E-state index contributed by atoms with van der Waals surface area (Å²) in [7, 11) is 4.16. The molecule has 2 rings (SSSR count). The van der Waals surface area contributed by atoms with Gasteiger partial charge >= 0.3 is 0 Å². The molecule has 0 fully saturated rings. The molecule has 3 nitrogen and oxygen atoms in total. The van der Waals surface area contributed by atoms with Crippen molar-refractivity contribution in [1.29, 1.82) is 0 Å². The predicted octanol–water partition coefficient (Wildman–Crippen LogP) is 2.28. The van der Waals surface area contributed by atoms with Crippen LogP contribution in [0.3, 0.4) is 0 Å². The van der Waals surface area contributed by atoms with Crippen LogP contribution < -0.4 is 0 Å². The number of fused-ring (bicyclic) bond motifs is 1. The lowest BCUT2D eigenvalue weighted by atomic mass is 10.2. The molecule has 0 aliphatic rings. The molecule has 4 heteroatoms. The van der Waals surface area contributed by atoms with E-state index in [-0.39, 0.29) is 0 Å². The van der Waals surface area contributed by atoms with Crippen LogP contribution in [0.15, 0.2) is 35.5 Å². The molecule has 0 radical (unpaired) electrons. The van der Waals surface area contributed by atoms with Crippen molar-refractivity contribution in [2.24, 2.45) is 0 Å². The average Bonchev–Trinajstić information content (AvgIpc) is 2.29. The van der Waals surface area contributed by atoms with Gasteiger partial charge in [0.2, 0.25) is 0 Å². The van der Waals surface area contributed by atoms with E-state index < -0.39 is 0 Å². The molecule has 2 aromatic rings. The molecule has 0 aliphatic carbocycles. The lowest BCUT2D eigenvalue weighted by molar-refractivity contribution is 0.437. The largest absolute Gasteiger partial charge is 0.309 e. The molecule has 0 amide bonds. The summed E-state index contributed by atoms with van der Waals surface area (Å²) in [5, 5.41) is 11.6. The van der Waals surface area contributed by atoms with Gasteiger partial charge in [0.15, 0.2) is 0 Å². The van der Waals surface area contributed by atoms with Crippen molar-refractivity contribution in [1.82, 2.24) is 15.1 Å². The van der Waals surface area contributed by atoms with Gasteiger partial charge in [-0.05, 0) is 14.1 Å². The van der Waals surface area contributed by atoms with Crippen molar-refractivity contribution in [2.45, 2.75) is 5.03 Å². The smallest absolute Gasteiger partial charge is 0.127 e. The number of rotatable bonds is 4. The van der Waals surface area contributed by atoms with Crippen LogP contribution >= 0.6 is 11.8 Å². The lowest BCUT2D eigenvalue weighted by Crippen LogP contribution is -2.14. The van der Waals surface area contributed by atoms with Gasteiger partial charge in [-0.15, -0.1) is 16.9 Å². The van der Waals surface area contributed by atoms with E-state index in [1.165, 1.54) is 5.39 Å². The maximum absolute atomic E-state index is 4.20. The minimum absolute atomic E-state index is 1.03. The number of aromatic nitrogens is 2. The predicted molar refractivity (Wildman–Crippen MR) is 68.8 cm³/mol. The van der Waals surface area contributed by atoms with Gasteiger partial charge in [-0.25, -0.2) is 0 Å². The average molecular weight is 233 g/mol. The molecule has 0 unspecified atom stereocenters. The maximum Gasteiger partial charge on any atom is 0.127 e. The van der Waals surface area contributed by atoms with Crippen LogP contribution in [-0.2, 0) is 0 Å². The molecule has 0 saturated heterocycles. The van der Waals surface area contributed by atoms with Crippen LogP contribution in [0.1, 0.15) is 0 Å². The van der Waals surface area contributed by atoms with Crippen LogP contribution in [0.2, 0.25) is 0 Å². The molecule has 16 heavy (non-hydrogen) atoms. The Balaban J connectivity index is 2.17. The normalized spacial score (nSPS) is 11.2. The van der Waals surface area contributed by atoms with Crippen molar-refractivity contribution in [2.75, 3.05) is 26.4 Å². The van der Waals surface area contributed by atoms with E-state index >= 15 is 0 Å². The van der Waals surface area contributed by atoms with Crippen molar-refractivity contribution in [3.8, 4) is 0 Å². The quantitative estimate of drug-likeness (QED) is 0.758. The van der Waals surface area contributed by atoms with Crippen molar-refractivity contribution in [3.63, 3.8) is 0 Å². The third kappa shape index (κ3) is 2.71. The second-order valence-corrected chi connectivity index (χ2v) is 4.97. The lowest BCUT2D eigenvalue weighted by Gasteiger charge is -2.08. The SMILES string of the molecule is CN(C)CCSc1nncc2ccccc12. The molecular weight excluding hydrogens is 218 g/mol. The zero-order valence-electron chi connectivity index (χ0n) is 9.55. The van der Waals surface area contributed by atoms with Gasteiger partial charge < -0.3 is 4.90 Å². The van der Waals surface area contributed by atoms with E-state index in [0.717, 1.165) is 22.7 Å². The minimum Gasteiger partial charge on any atom is -0.309 e.